The van der Waals surface area contributed by atoms with E-state index in [1.165, 1.54) is 5.56 Å². The topological polar surface area (TPSA) is 78.0 Å². The number of halogens is 1. The van der Waals surface area contributed by atoms with Gasteiger partial charge in [-0.25, -0.2) is 4.79 Å². The molecule has 29 heavy (non-hydrogen) atoms. The zero-order valence-electron chi connectivity index (χ0n) is 18.8. The SMILES string of the molecule is CN=C(NCCN(C)Cc1ccccc1)NCC(C)(C)NC(=O)OC(C)(C)C.I. The van der Waals surface area contributed by atoms with Crippen molar-refractivity contribution in [1.29, 1.82) is 0 Å². The minimum absolute atomic E-state index is 0. The highest BCUT2D eigenvalue weighted by Crippen LogP contribution is 2.09. The lowest BCUT2D eigenvalue weighted by atomic mass is 10.1. The summed E-state index contributed by atoms with van der Waals surface area (Å²) in [7, 11) is 3.83. The molecular weight excluding hydrogens is 481 g/mol. The smallest absolute Gasteiger partial charge is 0.408 e. The summed E-state index contributed by atoms with van der Waals surface area (Å²) in [5.74, 6) is 0.701. The number of nitrogens with one attached hydrogen (secondary N) is 3. The Hall–Kier alpha value is -1.55. The molecule has 0 unspecified atom stereocenters. The molecule has 3 N–H and O–H groups in total. The van der Waals surface area contributed by atoms with Gasteiger partial charge >= 0.3 is 6.09 Å². The normalized spacial score (nSPS) is 12.2. The van der Waals surface area contributed by atoms with Gasteiger partial charge in [0, 0.05) is 33.2 Å². The average molecular weight is 519 g/mol. The second kappa shape index (κ2) is 12.9. The molecule has 0 radical (unpaired) electrons. The summed E-state index contributed by atoms with van der Waals surface area (Å²) in [5.41, 5.74) is 0.295. The number of hydrogen-bond acceptors (Lipinski definition) is 4. The van der Waals surface area contributed by atoms with Crippen molar-refractivity contribution in [2.24, 2.45) is 4.99 Å². The lowest BCUT2D eigenvalue weighted by molar-refractivity contribution is 0.0474. The maximum atomic E-state index is 12.0. The van der Waals surface area contributed by atoms with Crippen LogP contribution in [0.3, 0.4) is 0 Å². The van der Waals surface area contributed by atoms with Gasteiger partial charge in [-0.05, 0) is 47.2 Å². The quantitative estimate of drug-likeness (QED) is 0.280. The number of guanidine groups is 1. The third kappa shape index (κ3) is 13.3. The molecule has 0 saturated heterocycles. The van der Waals surface area contributed by atoms with Crippen molar-refractivity contribution in [1.82, 2.24) is 20.9 Å². The number of hydrogen-bond donors (Lipinski definition) is 3. The summed E-state index contributed by atoms with van der Waals surface area (Å²) in [4.78, 5) is 18.5. The van der Waals surface area contributed by atoms with E-state index in [1.807, 2.05) is 40.7 Å². The third-order valence-corrected chi connectivity index (χ3v) is 3.84. The average Bonchev–Trinajstić information content (AvgIpc) is 2.56. The van der Waals surface area contributed by atoms with Crippen LogP contribution in [-0.4, -0.2) is 61.8 Å². The van der Waals surface area contributed by atoms with Crippen molar-refractivity contribution in [3.63, 3.8) is 0 Å². The molecule has 8 heteroatoms. The van der Waals surface area contributed by atoms with Gasteiger partial charge in [0.1, 0.15) is 5.60 Å². The number of benzene rings is 1. The van der Waals surface area contributed by atoms with Gasteiger partial charge < -0.3 is 25.6 Å². The molecule has 1 amide bonds. The molecule has 0 aliphatic rings. The number of amides is 1. The summed E-state index contributed by atoms with van der Waals surface area (Å²) in [6, 6.07) is 10.4. The zero-order chi connectivity index (χ0) is 21.2. The fraction of sp³-hybridized carbons (Fsp3) is 0.619. The highest BCUT2D eigenvalue weighted by Gasteiger charge is 2.24. The molecule has 1 aromatic rings. The number of likely N-dealkylation sites (N-methyl/N-ethyl adjacent to an activating group) is 1. The van der Waals surface area contributed by atoms with Crippen LogP contribution in [-0.2, 0) is 11.3 Å². The van der Waals surface area contributed by atoms with Gasteiger partial charge in [-0.15, -0.1) is 24.0 Å². The minimum atomic E-state index is -0.517. The number of ether oxygens (including phenoxy) is 1. The van der Waals surface area contributed by atoms with E-state index in [1.54, 1.807) is 7.05 Å². The van der Waals surface area contributed by atoms with Crippen molar-refractivity contribution < 1.29 is 9.53 Å². The summed E-state index contributed by atoms with van der Waals surface area (Å²) in [5, 5.41) is 9.43. The van der Waals surface area contributed by atoms with E-state index < -0.39 is 17.2 Å². The van der Waals surface area contributed by atoms with Crippen molar-refractivity contribution >= 4 is 36.0 Å². The van der Waals surface area contributed by atoms with Gasteiger partial charge in [0.2, 0.25) is 0 Å². The maximum absolute atomic E-state index is 12.0. The summed E-state index contributed by atoms with van der Waals surface area (Å²) in [6.45, 7) is 12.5. The first-order valence-electron chi connectivity index (χ1n) is 9.69. The van der Waals surface area contributed by atoms with E-state index >= 15 is 0 Å². The van der Waals surface area contributed by atoms with Gasteiger partial charge in [0.05, 0.1) is 5.54 Å². The molecule has 0 heterocycles. The van der Waals surface area contributed by atoms with E-state index in [4.69, 9.17) is 4.74 Å². The molecule has 0 fully saturated rings. The standard InChI is InChI=1S/C21H37N5O2.HI/c1-20(2,3)28-19(27)25-21(4,5)16-24-18(22-6)23-13-14-26(7)15-17-11-9-8-10-12-17;/h8-12H,13-16H2,1-7H3,(H,25,27)(H2,22,23,24);1H. The second-order valence-electron chi connectivity index (χ2n) is 8.59. The molecule has 0 aromatic heterocycles. The van der Waals surface area contributed by atoms with Crippen molar-refractivity contribution in [3.8, 4) is 0 Å². The Labute approximate surface area is 193 Å². The van der Waals surface area contributed by atoms with Crippen molar-refractivity contribution in [2.75, 3.05) is 33.7 Å². The van der Waals surface area contributed by atoms with Gasteiger partial charge in [-0.1, -0.05) is 30.3 Å². The molecule has 7 nitrogen and oxygen atoms in total. The second-order valence-corrected chi connectivity index (χ2v) is 8.59. The van der Waals surface area contributed by atoms with Crippen LogP contribution in [0.1, 0.15) is 40.2 Å². The predicted octanol–water partition coefficient (Wildman–Crippen LogP) is 3.20. The van der Waals surface area contributed by atoms with Crippen LogP contribution in [0.4, 0.5) is 4.79 Å². The Morgan fingerprint density at radius 1 is 1.10 bits per heavy atom. The Balaban J connectivity index is 0.00000784. The molecule has 166 valence electrons. The van der Waals surface area contributed by atoms with Crippen LogP contribution < -0.4 is 16.0 Å². The molecular formula is C21H38IN5O2. The Kier molecular flexibility index (Phi) is 12.2. The van der Waals surface area contributed by atoms with Crippen LogP contribution in [0.25, 0.3) is 0 Å². The fourth-order valence-corrected chi connectivity index (χ4v) is 2.49. The number of rotatable bonds is 8. The lowest BCUT2D eigenvalue weighted by Gasteiger charge is -2.29. The van der Waals surface area contributed by atoms with E-state index in [9.17, 15) is 4.79 Å². The van der Waals surface area contributed by atoms with E-state index in [2.05, 4.69) is 57.2 Å². The van der Waals surface area contributed by atoms with Crippen LogP contribution in [0, 0.1) is 0 Å². The summed E-state index contributed by atoms with van der Waals surface area (Å²) >= 11 is 0. The van der Waals surface area contributed by atoms with E-state index in [0.29, 0.717) is 12.5 Å². The Bertz CT molecular complexity index is 630. The van der Waals surface area contributed by atoms with E-state index in [0.717, 1.165) is 19.6 Å². The Morgan fingerprint density at radius 2 is 1.72 bits per heavy atom. The number of nitrogens with zero attached hydrogens (tertiary/aromatic N) is 2. The Morgan fingerprint density at radius 3 is 2.28 bits per heavy atom. The molecule has 0 saturated carbocycles. The highest BCUT2D eigenvalue weighted by molar-refractivity contribution is 14.0. The van der Waals surface area contributed by atoms with Crippen LogP contribution in [0.15, 0.2) is 35.3 Å². The molecule has 1 rings (SSSR count). The van der Waals surface area contributed by atoms with Gasteiger partial charge in [0.25, 0.3) is 0 Å². The van der Waals surface area contributed by atoms with E-state index in [-0.39, 0.29) is 24.0 Å². The van der Waals surface area contributed by atoms with Crippen molar-refractivity contribution in [3.05, 3.63) is 35.9 Å². The number of aliphatic imine (C=N–C) groups is 1. The fourth-order valence-electron chi connectivity index (χ4n) is 2.49. The predicted molar refractivity (Wildman–Crippen MR) is 131 cm³/mol. The van der Waals surface area contributed by atoms with Gasteiger partial charge in [0.15, 0.2) is 5.96 Å². The van der Waals surface area contributed by atoms with Crippen LogP contribution in [0.2, 0.25) is 0 Å². The molecule has 0 bridgehead atoms. The lowest BCUT2D eigenvalue weighted by Crippen LogP contribution is -2.54. The highest BCUT2D eigenvalue weighted by atomic mass is 127. The van der Waals surface area contributed by atoms with Crippen LogP contribution in [0.5, 0.6) is 0 Å². The zero-order valence-corrected chi connectivity index (χ0v) is 21.2. The molecule has 0 aliphatic heterocycles. The molecule has 0 atom stereocenters. The summed E-state index contributed by atoms with van der Waals surface area (Å²) in [6.07, 6.45) is -0.426. The molecule has 1 aromatic carbocycles. The number of carbonyl (C=O) groups excluding carboxylic acids is 1. The number of carbonyl (C=O) groups is 1. The monoisotopic (exact) mass is 519 g/mol. The van der Waals surface area contributed by atoms with Gasteiger partial charge in [-0.3, -0.25) is 4.99 Å². The first kappa shape index (κ1) is 27.5. The maximum Gasteiger partial charge on any atom is 0.408 e. The summed E-state index contributed by atoms with van der Waals surface area (Å²) < 4.78 is 5.32. The van der Waals surface area contributed by atoms with Crippen LogP contribution >= 0.6 is 24.0 Å². The first-order chi connectivity index (χ1) is 13.0. The third-order valence-electron chi connectivity index (χ3n) is 3.84. The van der Waals surface area contributed by atoms with Crippen molar-refractivity contribution in [2.45, 2.75) is 52.3 Å². The minimum Gasteiger partial charge on any atom is -0.444 e. The van der Waals surface area contributed by atoms with Gasteiger partial charge in [-0.2, -0.15) is 0 Å². The molecule has 0 aliphatic carbocycles. The molecule has 0 spiro atoms. The number of alkyl carbamates (subject to hydrolysis) is 1. The first-order valence-corrected chi connectivity index (χ1v) is 9.69. The largest absolute Gasteiger partial charge is 0.444 e.